The molecule has 0 fully saturated rings. The number of hydrogen-bond donors (Lipinski definition) is 2. The second-order valence-electron chi connectivity index (χ2n) is 5.43. The van der Waals surface area contributed by atoms with E-state index in [4.69, 9.17) is 4.74 Å². The van der Waals surface area contributed by atoms with Crippen molar-refractivity contribution in [2.24, 2.45) is 5.10 Å². The number of phenols is 1. The predicted molar refractivity (Wildman–Crippen MR) is 97.6 cm³/mol. The Morgan fingerprint density at radius 2 is 1.84 bits per heavy atom. The fourth-order valence-electron chi connectivity index (χ4n) is 2.26. The van der Waals surface area contributed by atoms with Gasteiger partial charge in [-0.2, -0.15) is 18.4 Å². The molecular formula is C18H22N2O4S. The van der Waals surface area contributed by atoms with Gasteiger partial charge in [0.25, 0.3) is 10.0 Å². The standard InChI is InChI=1S/C18H22N2O4S/c1-4-17(16-12-13(3)6-11-18(16)21)19-20-25(22,23)15-9-7-14(8-10-15)24-5-2/h6-12,20-21H,4-5H2,1-3H3/b19-17+. The maximum absolute atomic E-state index is 12.4. The Kier molecular flexibility index (Phi) is 6.03. The normalized spacial score (nSPS) is 12.0. The molecule has 0 unspecified atom stereocenters. The average molecular weight is 362 g/mol. The van der Waals surface area contributed by atoms with Crippen LogP contribution in [0.4, 0.5) is 0 Å². The fraction of sp³-hybridized carbons (Fsp3) is 0.278. The van der Waals surface area contributed by atoms with E-state index in [1.165, 1.54) is 12.1 Å². The van der Waals surface area contributed by atoms with Crippen molar-refractivity contribution in [1.82, 2.24) is 4.83 Å². The largest absolute Gasteiger partial charge is 0.507 e. The van der Waals surface area contributed by atoms with E-state index in [0.29, 0.717) is 30.1 Å². The van der Waals surface area contributed by atoms with Crippen LogP contribution in [0, 0.1) is 6.92 Å². The Hall–Kier alpha value is -2.54. The maximum atomic E-state index is 12.4. The van der Waals surface area contributed by atoms with Crippen molar-refractivity contribution in [3.63, 3.8) is 0 Å². The molecule has 0 aliphatic heterocycles. The molecule has 0 heterocycles. The highest BCUT2D eigenvalue weighted by atomic mass is 32.2. The van der Waals surface area contributed by atoms with Crippen molar-refractivity contribution in [2.45, 2.75) is 32.1 Å². The molecule has 0 aromatic heterocycles. The van der Waals surface area contributed by atoms with Gasteiger partial charge in [0.1, 0.15) is 11.5 Å². The highest BCUT2D eigenvalue weighted by Gasteiger charge is 2.15. The number of benzene rings is 2. The molecule has 6 nitrogen and oxygen atoms in total. The minimum absolute atomic E-state index is 0.0615. The molecule has 0 radical (unpaired) electrons. The first-order valence-corrected chi connectivity index (χ1v) is 9.47. The summed E-state index contributed by atoms with van der Waals surface area (Å²) in [7, 11) is -3.80. The molecule has 0 amide bonds. The van der Waals surface area contributed by atoms with Crippen molar-refractivity contribution in [1.29, 1.82) is 0 Å². The van der Waals surface area contributed by atoms with Gasteiger partial charge in [0.2, 0.25) is 0 Å². The molecule has 7 heteroatoms. The van der Waals surface area contributed by atoms with Gasteiger partial charge in [-0.05, 0) is 56.7 Å². The molecule has 0 saturated heterocycles. The van der Waals surface area contributed by atoms with Crippen molar-refractivity contribution >= 4 is 15.7 Å². The zero-order valence-electron chi connectivity index (χ0n) is 14.5. The van der Waals surface area contributed by atoms with Crippen LogP contribution in [0.3, 0.4) is 0 Å². The number of nitrogens with zero attached hydrogens (tertiary/aromatic N) is 1. The van der Waals surface area contributed by atoms with Gasteiger partial charge in [0.15, 0.2) is 0 Å². The van der Waals surface area contributed by atoms with Crippen molar-refractivity contribution < 1.29 is 18.3 Å². The van der Waals surface area contributed by atoms with Crippen LogP contribution in [-0.4, -0.2) is 25.8 Å². The summed E-state index contributed by atoms with van der Waals surface area (Å²) >= 11 is 0. The van der Waals surface area contributed by atoms with E-state index < -0.39 is 10.0 Å². The van der Waals surface area contributed by atoms with Gasteiger partial charge in [0.05, 0.1) is 17.2 Å². The van der Waals surface area contributed by atoms with Crippen LogP contribution < -0.4 is 9.57 Å². The summed E-state index contributed by atoms with van der Waals surface area (Å²) in [5.74, 6) is 0.662. The molecule has 0 atom stereocenters. The van der Waals surface area contributed by atoms with Crippen LogP contribution in [0.5, 0.6) is 11.5 Å². The zero-order valence-corrected chi connectivity index (χ0v) is 15.3. The third kappa shape index (κ3) is 4.73. The van der Waals surface area contributed by atoms with Gasteiger partial charge >= 0.3 is 0 Å². The van der Waals surface area contributed by atoms with Crippen LogP contribution in [0.1, 0.15) is 31.4 Å². The molecule has 2 N–H and O–H groups in total. The lowest BCUT2D eigenvalue weighted by atomic mass is 10.0. The fourth-order valence-corrected chi connectivity index (χ4v) is 3.09. The van der Waals surface area contributed by atoms with Gasteiger partial charge in [0, 0.05) is 5.56 Å². The van der Waals surface area contributed by atoms with E-state index in [9.17, 15) is 13.5 Å². The predicted octanol–water partition coefficient (Wildman–Crippen LogP) is 3.19. The quantitative estimate of drug-likeness (QED) is 0.585. The summed E-state index contributed by atoms with van der Waals surface area (Å²) in [5.41, 5.74) is 1.91. The summed E-state index contributed by atoms with van der Waals surface area (Å²) < 4.78 is 30.1. The van der Waals surface area contributed by atoms with Crippen LogP contribution in [0.15, 0.2) is 52.5 Å². The Labute approximate surface area is 148 Å². The molecule has 0 aliphatic carbocycles. The van der Waals surface area contributed by atoms with E-state index in [0.717, 1.165) is 5.56 Å². The Bertz CT molecular complexity index is 859. The molecule has 0 bridgehead atoms. The number of nitrogens with one attached hydrogen (secondary N) is 1. The topological polar surface area (TPSA) is 88.0 Å². The van der Waals surface area contributed by atoms with Gasteiger partial charge in [-0.1, -0.05) is 18.6 Å². The second kappa shape index (κ2) is 8.02. The summed E-state index contributed by atoms with van der Waals surface area (Å²) in [6, 6.07) is 11.2. The first kappa shape index (κ1) is 18.8. The second-order valence-corrected chi connectivity index (χ2v) is 7.09. The first-order chi connectivity index (χ1) is 11.9. The molecule has 0 spiro atoms. The molecule has 0 saturated carbocycles. The summed E-state index contributed by atoms with van der Waals surface area (Å²) in [6.45, 7) is 6.09. The number of aromatic hydroxyl groups is 1. The Morgan fingerprint density at radius 3 is 2.44 bits per heavy atom. The number of hydrazone groups is 1. The Balaban J connectivity index is 2.26. The molecular weight excluding hydrogens is 340 g/mol. The van der Waals surface area contributed by atoms with E-state index in [1.807, 2.05) is 20.8 Å². The van der Waals surface area contributed by atoms with Crippen LogP contribution in [0.2, 0.25) is 0 Å². The zero-order chi connectivity index (χ0) is 18.4. The number of sulfonamides is 1. The molecule has 2 rings (SSSR count). The maximum Gasteiger partial charge on any atom is 0.276 e. The first-order valence-electron chi connectivity index (χ1n) is 7.98. The monoisotopic (exact) mass is 362 g/mol. The van der Waals surface area contributed by atoms with Crippen molar-refractivity contribution in [2.75, 3.05) is 6.61 Å². The number of hydrogen-bond acceptors (Lipinski definition) is 5. The van der Waals surface area contributed by atoms with Gasteiger partial charge in [-0.3, -0.25) is 0 Å². The average Bonchev–Trinajstić information content (AvgIpc) is 2.59. The number of ether oxygens (including phenoxy) is 1. The molecule has 0 aliphatic rings. The van der Waals surface area contributed by atoms with Crippen molar-refractivity contribution in [3.8, 4) is 11.5 Å². The minimum atomic E-state index is -3.80. The minimum Gasteiger partial charge on any atom is -0.507 e. The van der Waals surface area contributed by atoms with Crippen molar-refractivity contribution in [3.05, 3.63) is 53.6 Å². The Morgan fingerprint density at radius 1 is 1.16 bits per heavy atom. The number of rotatable bonds is 7. The molecule has 25 heavy (non-hydrogen) atoms. The summed E-state index contributed by atoms with van der Waals surface area (Å²) in [6.07, 6.45) is 0.461. The molecule has 134 valence electrons. The van der Waals surface area contributed by atoms with E-state index in [1.54, 1.807) is 30.3 Å². The van der Waals surface area contributed by atoms with Gasteiger partial charge in [-0.25, -0.2) is 0 Å². The molecule has 2 aromatic rings. The molecule has 2 aromatic carbocycles. The lowest BCUT2D eigenvalue weighted by molar-refractivity contribution is 0.340. The highest BCUT2D eigenvalue weighted by Crippen LogP contribution is 2.21. The van der Waals surface area contributed by atoms with E-state index in [-0.39, 0.29) is 10.6 Å². The summed E-state index contributed by atoms with van der Waals surface area (Å²) in [5, 5.41) is 14.0. The van der Waals surface area contributed by atoms with Crippen LogP contribution in [-0.2, 0) is 10.0 Å². The van der Waals surface area contributed by atoms with Gasteiger partial charge in [-0.15, -0.1) is 0 Å². The lowest BCUT2D eigenvalue weighted by Gasteiger charge is -2.10. The van der Waals surface area contributed by atoms with E-state index in [2.05, 4.69) is 9.93 Å². The van der Waals surface area contributed by atoms with Crippen LogP contribution >= 0.6 is 0 Å². The summed E-state index contributed by atoms with van der Waals surface area (Å²) in [4.78, 5) is 2.32. The smallest absolute Gasteiger partial charge is 0.276 e. The lowest BCUT2D eigenvalue weighted by Crippen LogP contribution is -2.20. The third-order valence-corrected chi connectivity index (χ3v) is 4.77. The third-order valence-electron chi connectivity index (χ3n) is 3.54. The number of phenolic OH excluding ortho intramolecular Hbond substituents is 1. The van der Waals surface area contributed by atoms with E-state index >= 15 is 0 Å². The number of aryl methyl sites for hydroxylation is 1. The van der Waals surface area contributed by atoms with Crippen LogP contribution in [0.25, 0.3) is 0 Å². The highest BCUT2D eigenvalue weighted by molar-refractivity contribution is 7.89. The van der Waals surface area contributed by atoms with Gasteiger partial charge < -0.3 is 9.84 Å². The SMILES string of the molecule is CCOc1ccc(S(=O)(=O)N/N=C(\CC)c2cc(C)ccc2O)cc1.